The molecule has 0 radical (unpaired) electrons. The molecule has 1 aliphatic heterocycles. The molecule has 1 saturated heterocycles. The van der Waals surface area contributed by atoms with E-state index >= 15 is 0 Å². The van der Waals surface area contributed by atoms with Crippen LogP contribution >= 0.6 is 0 Å². The maximum Gasteiger partial charge on any atom is 0.229 e. The van der Waals surface area contributed by atoms with Crippen LogP contribution in [0.1, 0.15) is 66.5 Å². The monoisotopic (exact) mass is 483 g/mol. The Hall–Kier alpha value is -3.54. The van der Waals surface area contributed by atoms with E-state index in [1.165, 1.54) is 30.2 Å². The minimum Gasteiger partial charge on any atom is -0.384 e. The molecule has 1 aliphatic carbocycles. The Morgan fingerprint density at radius 1 is 1.17 bits per heavy atom. The summed E-state index contributed by atoms with van der Waals surface area (Å²) in [5.74, 6) is 1.92. The topological polar surface area (TPSA) is 110 Å². The molecule has 5 rings (SSSR count). The van der Waals surface area contributed by atoms with Crippen molar-refractivity contribution in [2.45, 2.75) is 57.5 Å². The molecule has 0 bridgehead atoms. The summed E-state index contributed by atoms with van der Waals surface area (Å²) in [7, 11) is 2.18. The van der Waals surface area contributed by atoms with Gasteiger partial charge in [0.25, 0.3) is 0 Å². The van der Waals surface area contributed by atoms with Gasteiger partial charge in [0.1, 0.15) is 23.1 Å². The van der Waals surface area contributed by atoms with Gasteiger partial charge in [0.15, 0.2) is 5.82 Å². The molecule has 0 amide bonds. The van der Waals surface area contributed by atoms with E-state index in [0.717, 1.165) is 30.8 Å². The molecule has 1 fully saturated rings. The lowest BCUT2D eigenvalue weighted by atomic mass is 9.87. The van der Waals surface area contributed by atoms with E-state index in [0.29, 0.717) is 47.6 Å². The van der Waals surface area contributed by atoms with Crippen molar-refractivity contribution in [1.29, 1.82) is 5.26 Å². The lowest BCUT2D eigenvalue weighted by Gasteiger charge is -2.30. The lowest BCUT2D eigenvalue weighted by Crippen LogP contribution is -2.29. The summed E-state index contributed by atoms with van der Waals surface area (Å²) >= 11 is 0. The zero-order chi connectivity index (χ0) is 25.3. The maximum atomic E-state index is 10.9. The molecule has 2 aliphatic rings. The number of rotatable bonds is 6. The van der Waals surface area contributed by atoms with Crippen molar-refractivity contribution in [2.75, 3.05) is 30.8 Å². The normalized spacial score (nSPS) is 20.1. The molecular weight excluding hydrogens is 450 g/mol. The van der Waals surface area contributed by atoms with Crippen molar-refractivity contribution in [2.24, 2.45) is 0 Å². The van der Waals surface area contributed by atoms with Gasteiger partial charge in [-0.25, -0.2) is 9.97 Å². The highest BCUT2D eigenvalue weighted by Crippen LogP contribution is 2.39. The van der Waals surface area contributed by atoms with E-state index in [1.807, 2.05) is 19.1 Å². The first kappa shape index (κ1) is 24.2. The predicted molar refractivity (Wildman–Crippen MR) is 141 cm³/mol. The number of aromatic nitrogens is 3. The van der Waals surface area contributed by atoms with Crippen LogP contribution in [0.25, 0.3) is 0 Å². The fraction of sp³-hybridized carbons (Fsp3) is 0.429. The van der Waals surface area contributed by atoms with E-state index in [2.05, 4.69) is 68.7 Å². The average Bonchev–Trinajstić information content (AvgIpc) is 3.22. The van der Waals surface area contributed by atoms with Gasteiger partial charge in [-0.3, -0.25) is 0 Å². The molecule has 0 spiro atoms. The summed E-state index contributed by atoms with van der Waals surface area (Å²) in [6.45, 7) is 6.39. The number of aliphatic hydroxyl groups is 1. The first-order valence-corrected chi connectivity index (χ1v) is 12.7. The second kappa shape index (κ2) is 9.84. The number of nitrogens with one attached hydrogen (secondary N) is 2. The van der Waals surface area contributed by atoms with E-state index < -0.39 is 5.60 Å². The number of hydrogen-bond acceptors (Lipinski definition) is 8. The van der Waals surface area contributed by atoms with Crippen molar-refractivity contribution in [1.82, 2.24) is 19.9 Å². The van der Waals surface area contributed by atoms with Crippen LogP contribution in [-0.2, 0) is 12.0 Å². The number of likely N-dealkylation sites (tertiary alicyclic amines) is 1. The Balaban J connectivity index is 1.35. The summed E-state index contributed by atoms with van der Waals surface area (Å²) in [5, 5.41) is 27.0. The summed E-state index contributed by atoms with van der Waals surface area (Å²) in [4.78, 5) is 16.0. The standard InChI is InChI=1S/C28H33N7O/c1-4-28(36)12-9-20-5-8-24(32-25(20)28)33-26-21(16-29)17-30-27(34-26)31-22-6-7-23(18(2)15-22)19-10-13-35(3)14-11-19/h5-8,15,17,19,36H,4,9-14H2,1-3H3,(H2,30,31,32,33,34)/t28-/m0/s1. The van der Waals surface area contributed by atoms with Gasteiger partial charge in [0.2, 0.25) is 5.95 Å². The molecule has 2 aromatic heterocycles. The molecule has 3 N–H and O–H groups in total. The van der Waals surface area contributed by atoms with Gasteiger partial charge >= 0.3 is 0 Å². The van der Waals surface area contributed by atoms with Gasteiger partial charge in [-0.1, -0.05) is 19.1 Å². The van der Waals surface area contributed by atoms with E-state index in [1.54, 1.807) is 0 Å². The molecule has 3 aromatic rings. The molecule has 8 heteroatoms. The van der Waals surface area contributed by atoms with Gasteiger partial charge < -0.3 is 20.6 Å². The van der Waals surface area contributed by atoms with Crippen LogP contribution in [0.3, 0.4) is 0 Å². The minimum absolute atomic E-state index is 0.322. The third-order valence-corrected chi connectivity index (χ3v) is 7.65. The molecule has 1 atom stereocenters. The molecule has 0 saturated carbocycles. The summed E-state index contributed by atoms with van der Waals surface area (Å²) < 4.78 is 0. The number of nitriles is 1. The quantitative estimate of drug-likeness (QED) is 0.454. The van der Waals surface area contributed by atoms with Gasteiger partial charge in [-0.15, -0.1) is 0 Å². The Morgan fingerprint density at radius 2 is 1.97 bits per heavy atom. The van der Waals surface area contributed by atoms with Crippen molar-refractivity contribution in [3.05, 3.63) is 64.5 Å². The molecule has 36 heavy (non-hydrogen) atoms. The van der Waals surface area contributed by atoms with Crippen LogP contribution in [0.15, 0.2) is 36.5 Å². The van der Waals surface area contributed by atoms with E-state index in [4.69, 9.17) is 0 Å². The SMILES string of the molecule is CC[C@]1(O)CCc2ccc(Nc3nc(Nc4ccc(C5CCN(C)CC5)c(C)c4)ncc3C#N)nc21. The highest BCUT2D eigenvalue weighted by atomic mass is 16.3. The van der Waals surface area contributed by atoms with E-state index in [9.17, 15) is 10.4 Å². The summed E-state index contributed by atoms with van der Waals surface area (Å²) in [5.41, 5.74) is 4.77. The minimum atomic E-state index is -0.902. The van der Waals surface area contributed by atoms with Gasteiger partial charge in [-0.05, 0) is 100.0 Å². The Morgan fingerprint density at radius 3 is 2.69 bits per heavy atom. The molecule has 3 heterocycles. The number of anilines is 4. The first-order valence-electron chi connectivity index (χ1n) is 12.7. The average molecular weight is 484 g/mol. The highest BCUT2D eigenvalue weighted by molar-refractivity contribution is 5.64. The number of hydrogen-bond donors (Lipinski definition) is 3. The number of fused-ring (bicyclic) bond motifs is 1. The fourth-order valence-corrected chi connectivity index (χ4v) is 5.37. The van der Waals surface area contributed by atoms with Crippen LogP contribution in [-0.4, -0.2) is 45.1 Å². The van der Waals surface area contributed by atoms with E-state index in [-0.39, 0.29) is 0 Å². The highest BCUT2D eigenvalue weighted by Gasteiger charge is 2.36. The third-order valence-electron chi connectivity index (χ3n) is 7.65. The van der Waals surface area contributed by atoms with Gasteiger partial charge in [-0.2, -0.15) is 10.2 Å². The van der Waals surface area contributed by atoms with Crippen LogP contribution in [0.4, 0.5) is 23.3 Å². The van der Waals surface area contributed by atoms with Crippen LogP contribution in [0.2, 0.25) is 0 Å². The van der Waals surface area contributed by atoms with Crippen molar-refractivity contribution >= 4 is 23.3 Å². The Bertz CT molecular complexity index is 1310. The van der Waals surface area contributed by atoms with Crippen molar-refractivity contribution in [3.8, 4) is 6.07 Å². The smallest absolute Gasteiger partial charge is 0.229 e. The fourth-order valence-electron chi connectivity index (χ4n) is 5.37. The van der Waals surface area contributed by atoms with Crippen molar-refractivity contribution in [3.63, 3.8) is 0 Å². The lowest BCUT2D eigenvalue weighted by molar-refractivity contribution is 0.0307. The number of aryl methyl sites for hydroxylation is 2. The first-order chi connectivity index (χ1) is 17.4. The molecule has 0 unspecified atom stereocenters. The number of piperidine rings is 1. The van der Waals surface area contributed by atoms with Gasteiger partial charge in [0, 0.05) is 5.69 Å². The zero-order valence-electron chi connectivity index (χ0n) is 21.2. The van der Waals surface area contributed by atoms with Crippen LogP contribution in [0.5, 0.6) is 0 Å². The maximum absolute atomic E-state index is 10.9. The number of nitrogens with zero attached hydrogens (tertiary/aromatic N) is 5. The van der Waals surface area contributed by atoms with Crippen LogP contribution < -0.4 is 10.6 Å². The van der Waals surface area contributed by atoms with Crippen molar-refractivity contribution < 1.29 is 5.11 Å². The second-order valence-corrected chi connectivity index (χ2v) is 10.1. The number of benzene rings is 1. The Kier molecular flexibility index (Phi) is 6.61. The zero-order valence-corrected chi connectivity index (χ0v) is 21.2. The van der Waals surface area contributed by atoms with Gasteiger partial charge in [0.05, 0.1) is 11.9 Å². The molecule has 1 aromatic carbocycles. The Labute approximate surface area is 212 Å². The molecule has 8 nitrogen and oxygen atoms in total. The molecule has 186 valence electrons. The number of pyridine rings is 1. The molecular formula is C28H33N7O. The van der Waals surface area contributed by atoms with Crippen LogP contribution in [0, 0.1) is 18.3 Å². The predicted octanol–water partition coefficient (Wildman–Crippen LogP) is 4.89. The summed E-state index contributed by atoms with van der Waals surface area (Å²) in [6, 6.07) is 12.4. The summed E-state index contributed by atoms with van der Waals surface area (Å²) in [6.07, 6.45) is 5.98. The third kappa shape index (κ3) is 4.77. The second-order valence-electron chi connectivity index (χ2n) is 10.1. The largest absolute Gasteiger partial charge is 0.384 e.